The van der Waals surface area contributed by atoms with Crippen molar-refractivity contribution in [1.82, 2.24) is 9.78 Å². The van der Waals surface area contributed by atoms with E-state index in [1.807, 2.05) is 17.9 Å². The van der Waals surface area contributed by atoms with Crippen LogP contribution in [0.1, 0.15) is 37.8 Å². The first-order chi connectivity index (χ1) is 7.75. The summed E-state index contributed by atoms with van der Waals surface area (Å²) in [5.41, 5.74) is 8.85. The van der Waals surface area contributed by atoms with Gasteiger partial charge in [0.25, 0.3) is 0 Å². The number of aromatic nitrogens is 2. The third-order valence-electron chi connectivity index (χ3n) is 3.36. The van der Waals surface area contributed by atoms with Crippen LogP contribution in [0.15, 0.2) is 23.9 Å². The van der Waals surface area contributed by atoms with Crippen molar-refractivity contribution in [3.05, 3.63) is 29.6 Å². The third-order valence-corrected chi connectivity index (χ3v) is 3.36. The molecule has 0 fully saturated rings. The van der Waals surface area contributed by atoms with Gasteiger partial charge in [0.2, 0.25) is 0 Å². The van der Waals surface area contributed by atoms with Crippen LogP contribution in [0, 0.1) is 0 Å². The molecule has 2 rings (SSSR count). The lowest BCUT2D eigenvalue weighted by molar-refractivity contribution is 0.651. The second kappa shape index (κ2) is 5.30. The molecule has 0 bridgehead atoms. The molecule has 0 aromatic carbocycles. The molecule has 1 heterocycles. The van der Waals surface area contributed by atoms with Crippen molar-refractivity contribution >= 4 is 0 Å². The molecule has 1 unspecified atom stereocenters. The van der Waals surface area contributed by atoms with Crippen molar-refractivity contribution in [1.29, 1.82) is 0 Å². The number of rotatable bonds is 3. The normalized spacial score (nSPS) is 21.6. The van der Waals surface area contributed by atoms with E-state index in [1.165, 1.54) is 30.5 Å². The zero-order chi connectivity index (χ0) is 11.4. The molecule has 1 aliphatic carbocycles. The van der Waals surface area contributed by atoms with Crippen LogP contribution in [0.3, 0.4) is 0 Å². The minimum absolute atomic E-state index is 0.282. The molecule has 3 heteroatoms. The monoisotopic (exact) mass is 219 g/mol. The average Bonchev–Trinajstić information content (AvgIpc) is 2.54. The molecule has 0 aliphatic heterocycles. The predicted octanol–water partition coefficient (Wildman–Crippen LogP) is 2.18. The fraction of sp³-hybridized carbons (Fsp3) is 0.615. The summed E-state index contributed by atoms with van der Waals surface area (Å²) >= 11 is 0. The molecule has 1 aromatic heterocycles. The fourth-order valence-corrected chi connectivity index (χ4v) is 2.35. The zero-order valence-electron chi connectivity index (χ0n) is 10.0. The highest BCUT2D eigenvalue weighted by atomic mass is 15.2. The second-order valence-electron chi connectivity index (χ2n) is 4.68. The molecule has 1 atom stereocenters. The number of nitrogens with zero attached hydrogens (tertiary/aromatic N) is 2. The standard InChI is InChI=1S/C13H21N3/c1-16-13(8-9-15-16)7-6-11-4-2-3-5-12(14)10-11/h8-10,12H,2-7,14H2,1H3. The highest BCUT2D eigenvalue weighted by Crippen LogP contribution is 2.20. The Hall–Kier alpha value is -1.09. The van der Waals surface area contributed by atoms with E-state index in [0.29, 0.717) is 0 Å². The lowest BCUT2D eigenvalue weighted by Gasteiger charge is -2.07. The summed E-state index contributed by atoms with van der Waals surface area (Å²) in [5.74, 6) is 0. The van der Waals surface area contributed by atoms with Crippen molar-refractivity contribution in [2.24, 2.45) is 12.8 Å². The van der Waals surface area contributed by atoms with Gasteiger partial charge in [-0.2, -0.15) is 5.10 Å². The van der Waals surface area contributed by atoms with E-state index in [4.69, 9.17) is 5.73 Å². The quantitative estimate of drug-likeness (QED) is 0.792. The van der Waals surface area contributed by atoms with Gasteiger partial charge in [-0.25, -0.2) is 0 Å². The van der Waals surface area contributed by atoms with Gasteiger partial charge in [0.15, 0.2) is 0 Å². The number of allylic oxidation sites excluding steroid dienone is 1. The van der Waals surface area contributed by atoms with Crippen molar-refractivity contribution < 1.29 is 0 Å². The first-order valence-corrected chi connectivity index (χ1v) is 6.18. The molecule has 0 spiro atoms. The highest BCUT2D eigenvalue weighted by Gasteiger charge is 2.09. The largest absolute Gasteiger partial charge is 0.324 e. The molecule has 0 saturated heterocycles. The summed E-state index contributed by atoms with van der Waals surface area (Å²) in [5, 5.41) is 4.19. The minimum atomic E-state index is 0.282. The molecule has 3 nitrogen and oxygen atoms in total. The molecular formula is C13H21N3. The van der Waals surface area contributed by atoms with E-state index >= 15 is 0 Å². The van der Waals surface area contributed by atoms with Crippen molar-refractivity contribution in [3.8, 4) is 0 Å². The van der Waals surface area contributed by atoms with E-state index in [0.717, 1.165) is 19.3 Å². The molecule has 0 amide bonds. The third kappa shape index (κ3) is 2.95. The maximum atomic E-state index is 6.01. The maximum Gasteiger partial charge on any atom is 0.0492 e. The van der Waals surface area contributed by atoms with Gasteiger partial charge in [-0.15, -0.1) is 0 Å². The van der Waals surface area contributed by atoms with E-state index < -0.39 is 0 Å². The molecule has 88 valence electrons. The lowest BCUT2D eigenvalue weighted by atomic mass is 10.0. The molecule has 0 radical (unpaired) electrons. The first-order valence-electron chi connectivity index (χ1n) is 6.18. The van der Waals surface area contributed by atoms with Gasteiger partial charge in [-0.05, 0) is 38.2 Å². The Morgan fingerprint density at radius 2 is 2.31 bits per heavy atom. The molecule has 0 saturated carbocycles. The summed E-state index contributed by atoms with van der Waals surface area (Å²) < 4.78 is 1.96. The van der Waals surface area contributed by atoms with Gasteiger partial charge in [0.05, 0.1) is 0 Å². The Bertz CT molecular complexity index is 365. The predicted molar refractivity (Wildman–Crippen MR) is 66.1 cm³/mol. The molecule has 1 aromatic rings. The average molecular weight is 219 g/mol. The summed E-state index contributed by atoms with van der Waals surface area (Å²) in [6.45, 7) is 0. The van der Waals surface area contributed by atoms with Crippen LogP contribution in [0.5, 0.6) is 0 Å². The van der Waals surface area contributed by atoms with Crippen LogP contribution < -0.4 is 5.73 Å². The molecule has 16 heavy (non-hydrogen) atoms. The Balaban J connectivity index is 1.92. The van der Waals surface area contributed by atoms with Crippen LogP contribution in [0.25, 0.3) is 0 Å². The van der Waals surface area contributed by atoms with Gasteiger partial charge in [-0.1, -0.05) is 18.1 Å². The topological polar surface area (TPSA) is 43.8 Å². The lowest BCUT2D eigenvalue weighted by Crippen LogP contribution is -2.15. The summed E-state index contributed by atoms with van der Waals surface area (Å²) in [6, 6.07) is 2.38. The van der Waals surface area contributed by atoms with Crippen LogP contribution >= 0.6 is 0 Å². The van der Waals surface area contributed by atoms with Crippen molar-refractivity contribution in [3.63, 3.8) is 0 Å². The second-order valence-corrected chi connectivity index (χ2v) is 4.68. The molecular weight excluding hydrogens is 198 g/mol. The zero-order valence-corrected chi connectivity index (χ0v) is 10.0. The molecule has 1 aliphatic rings. The fourth-order valence-electron chi connectivity index (χ4n) is 2.35. The van der Waals surface area contributed by atoms with Gasteiger partial charge in [0, 0.05) is 25.0 Å². The van der Waals surface area contributed by atoms with Gasteiger partial charge in [-0.3, -0.25) is 4.68 Å². The van der Waals surface area contributed by atoms with E-state index in [1.54, 1.807) is 0 Å². The summed E-state index contributed by atoms with van der Waals surface area (Å²) in [7, 11) is 2.00. The van der Waals surface area contributed by atoms with Crippen LogP contribution in [0.2, 0.25) is 0 Å². The Labute approximate surface area is 97.3 Å². The van der Waals surface area contributed by atoms with Crippen LogP contribution in [-0.4, -0.2) is 15.8 Å². The van der Waals surface area contributed by atoms with Crippen molar-refractivity contribution in [2.45, 2.75) is 44.6 Å². The summed E-state index contributed by atoms with van der Waals surface area (Å²) in [6.07, 6.45) is 11.3. The summed E-state index contributed by atoms with van der Waals surface area (Å²) in [4.78, 5) is 0. The van der Waals surface area contributed by atoms with Crippen LogP contribution in [0.4, 0.5) is 0 Å². The molecule has 2 N–H and O–H groups in total. The van der Waals surface area contributed by atoms with E-state index in [9.17, 15) is 0 Å². The number of nitrogens with two attached hydrogens (primary N) is 1. The Morgan fingerprint density at radius 1 is 1.44 bits per heavy atom. The number of hydrogen-bond acceptors (Lipinski definition) is 2. The maximum absolute atomic E-state index is 6.01. The Kier molecular flexibility index (Phi) is 3.78. The SMILES string of the molecule is Cn1nccc1CCC1=CC(N)CCCC1. The van der Waals surface area contributed by atoms with Gasteiger partial charge in [0.1, 0.15) is 0 Å². The Morgan fingerprint density at radius 3 is 3.06 bits per heavy atom. The highest BCUT2D eigenvalue weighted by molar-refractivity contribution is 5.11. The smallest absolute Gasteiger partial charge is 0.0492 e. The van der Waals surface area contributed by atoms with Gasteiger partial charge >= 0.3 is 0 Å². The number of hydrogen-bond donors (Lipinski definition) is 1. The minimum Gasteiger partial charge on any atom is -0.324 e. The first kappa shape index (κ1) is 11.4. The van der Waals surface area contributed by atoms with Crippen LogP contribution in [-0.2, 0) is 13.5 Å². The van der Waals surface area contributed by atoms with E-state index in [-0.39, 0.29) is 6.04 Å². The van der Waals surface area contributed by atoms with Crippen molar-refractivity contribution in [2.75, 3.05) is 0 Å². The number of aryl methyl sites for hydroxylation is 2. The van der Waals surface area contributed by atoms with Gasteiger partial charge < -0.3 is 5.73 Å². The van der Waals surface area contributed by atoms with E-state index in [2.05, 4.69) is 17.2 Å².